The Morgan fingerprint density at radius 1 is 1.11 bits per heavy atom. The van der Waals surface area contributed by atoms with Gasteiger partial charge in [-0.15, -0.1) is 0 Å². The first-order valence-corrected chi connectivity index (χ1v) is 11.7. The van der Waals surface area contributed by atoms with E-state index in [4.69, 9.17) is 9.47 Å². The minimum atomic E-state index is -0.992. The number of halogens is 1. The van der Waals surface area contributed by atoms with Gasteiger partial charge < -0.3 is 14.8 Å². The van der Waals surface area contributed by atoms with Crippen LogP contribution in [0.2, 0.25) is 0 Å². The van der Waals surface area contributed by atoms with Crippen LogP contribution in [-0.2, 0) is 38.3 Å². The zero-order valence-electron chi connectivity index (χ0n) is 20.8. The Morgan fingerprint density at radius 3 is 2.56 bits per heavy atom. The summed E-state index contributed by atoms with van der Waals surface area (Å²) >= 11 is 0. The fraction of sp³-hybridized carbons (Fsp3) is 0.321. The summed E-state index contributed by atoms with van der Waals surface area (Å²) in [5.41, 5.74) is 2.23. The quantitative estimate of drug-likeness (QED) is 0.503. The number of nitrogens with zero attached hydrogens (tertiary/aromatic N) is 1. The van der Waals surface area contributed by atoms with Crippen LogP contribution >= 0.6 is 0 Å². The Kier molecular flexibility index (Phi) is 6.97. The lowest BCUT2D eigenvalue weighted by Gasteiger charge is -2.20. The van der Waals surface area contributed by atoms with Gasteiger partial charge in [0.25, 0.3) is 0 Å². The number of carbonyl (C=O) groups excluding carboxylic acids is 3. The Labute approximate surface area is 208 Å². The molecule has 188 valence electrons. The summed E-state index contributed by atoms with van der Waals surface area (Å²) in [6.45, 7) is 5.35. The van der Waals surface area contributed by atoms with Crippen LogP contribution in [0.4, 0.5) is 9.18 Å². The van der Waals surface area contributed by atoms with Gasteiger partial charge in [0.15, 0.2) is 0 Å². The third-order valence-corrected chi connectivity index (χ3v) is 5.84. The predicted octanol–water partition coefficient (Wildman–Crippen LogP) is 4.58. The molecule has 0 aliphatic carbocycles. The van der Waals surface area contributed by atoms with Crippen LogP contribution in [0.25, 0.3) is 17.0 Å². The molecule has 1 N–H and O–H groups in total. The van der Waals surface area contributed by atoms with Crippen molar-refractivity contribution in [1.82, 2.24) is 9.88 Å². The number of hydrogen-bond donors (Lipinski definition) is 1. The Balaban J connectivity index is 1.89. The summed E-state index contributed by atoms with van der Waals surface area (Å²) < 4.78 is 26.4. The third-order valence-electron chi connectivity index (χ3n) is 5.84. The molecule has 3 aromatic rings. The van der Waals surface area contributed by atoms with Crippen molar-refractivity contribution in [1.29, 1.82) is 0 Å². The minimum absolute atomic E-state index is 0.0828. The number of fused-ring (bicyclic) bond motifs is 5. The number of esters is 1. The van der Waals surface area contributed by atoms with Crippen LogP contribution < -0.4 is 5.32 Å². The van der Waals surface area contributed by atoms with Crippen LogP contribution in [0.15, 0.2) is 48.5 Å². The van der Waals surface area contributed by atoms with E-state index < -0.39 is 35.4 Å². The monoisotopic (exact) mass is 492 g/mol. The fourth-order valence-corrected chi connectivity index (χ4v) is 4.43. The SMILES string of the molecule is COC(=O)[C@@H]1Cc2cc(F)cc(c2)C/C=C/c2c(c3ccccc3n2C(=O)OC(C)(C)C)CC(=O)N1. The van der Waals surface area contributed by atoms with E-state index in [0.29, 0.717) is 39.7 Å². The summed E-state index contributed by atoms with van der Waals surface area (Å²) in [5.74, 6) is -1.49. The molecule has 0 saturated heterocycles. The fourth-order valence-electron chi connectivity index (χ4n) is 4.43. The summed E-state index contributed by atoms with van der Waals surface area (Å²) in [6.07, 6.45) is 3.38. The Hall–Kier alpha value is -3.94. The van der Waals surface area contributed by atoms with Crippen LogP contribution in [0.3, 0.4) is 0 Å². The molecule has 1 atom stereocenters. The molecule has 36 heavy (non-hydrogen) atoms. The molecule has 0 unspecified atom stereocenters. The van der Waals surface area contributed by atoms with E-state index in [1.165, 1.54) is 23.8 Å². The van der Waals surface area contributed by atoms with Crippen molar-refractivity contribution in [2.45, 2.75) is 51.7 Å². The molecule has 4 rings (SSSR count). The maximum atomic E-state index is 14.4. The van der Waals surface area contributed by atoms with Gasteiger partial charge in [-0.05, 0) is 68.2 Å². The lowest BCUT2D eigenvalue weighted by atomic mass is 10.0. The highest BCUT2D eigenvalue weighted by molar-refractivity contribution is 5.99. The molecule has 1 aliphatic rings. The van der Waals surface area contributed by atoms with Crippen molar-refractivity contribution in [2.24, 2.45) is 0 Å². The second-order valence-corrected chi connectivity index (χ2v) is 9.80. The summed E-state index contributed by atoms with van der Waals surface area (Å²) in [6, 6.07) is 10.8. The van der Waals surface area contributed by atoms with E-state index in [1.807, 2.05) is 18.2 Å². The summed E-state index contributed by atoms with van der Waals surface area (Å²) in [5, 5.41) is 3.45. The minimum Gasteiger partial charge on any atom is -0.467 e. The Bertz CT molecular complexity index is 1370. The number of aromatic nitrogens is 1. The molecule has 1 aliphatic heterocycles. The van der Waals surface area contributed by atoms with Crippen molar-refractivity contribution in [3.63, 3.8) is 0 Å². The van der Waals surface area contributed by atoms with E-state index in [1.54, 1.807) is 45.0 Å². The predicted molar refractivity (Wildman–Crippen MR) is 134 cm³/mol. The molecule has 1 amide bonds. The number of hydrogen-bond acceptors (Lipinski definition) is 5. The number of methoxy groups -OCH3 is 1. The van der Waals surface area contributed by atoms with Crippen molar-refractivity contribution in [3.8, 4) is 0 Å². The lowest BCUT2D eigenvalue weighted by molar-refractivity contribution is -0.145. The average Bonchev–Trinajstić information content (AvgIpc) is 3.09. The second-order valence-electron chi connectivity index (χ2n) is 9.80. The number of nitrogens with one attached hydrogen (secondary N) is 1. The highest BCUT2D eigenvalue weighted by Gasteiger charge is 2.28. The molecule has 2 heterocycles. The molecular weight excluding hydrogens is 463 g/mol. The van der Waals surface area contributed by atoms with Gasteiger partial charge in [-0.1, -0.05) is 30.3 Å². The van der Waals surface area contributed by atoms with Gasteiger partial charge in [-0.2, -0.15) is 0 Å². The van der Waals surface area contributed by atoms with Crippen molar-refractivity contribution in [3.05, 3.63) is 76.7 Å². The second kappa shape index (κ2) is 9.97. The topological polar surface area (TPSA) is 86.6 Å². The molecule has 8 heteroatoms. The normalized spacial score (nSPS) is 17.1. The number of rotatable bonds is 1. The molecule has 0 fully saturated rings. The van der Waals surface area contributed by atoms with E-state index in [2.05, 4.69) is 5.32 Å². The van der Waals surface area contributed by atoms with Gasteiger partial charge in [-0.25, -0.2) is 18.5 Å². The molecule has 0 radical (unpaired) electrons. The standard InChI is InChI=1S/C28H29FN2O5/c1-28(2,3)36-27(34)31-23-10-6-5-9-20(23)21-16-25(32)30-22(26(33)35-4)15-18-12-17(13-19(29)14-18)8-7-11-24(21)31/h5-7,9-14,22H,8,15-16H2,1-4H3,(H,30,32)/b11-7+/t22-/m0/s1. The van der Waals surface area contributed by atoms with E-state index in [9.17, 15) is 18.8 Å². The Morgan fingerprint density at radius 2 is 1.83 bits per heavy atom. The van der Waals surface area contributed by atoms with Gasteiger partial charge >= 0.3 is 12.1 Å². The smallest absolute Gasteiger partial charge is 0.419 e. The molecule has 1 aromatic heterocycles. The van der Waals surface area contributed by atoms with Crippen molar-refractivity contribution >= 4 is 34.9 Å². The maximum Gasteiger partial charge on any atom is 0.419 e. The van der Waals surface area contributed by atoms with Gasteiger partial charge in [0.05, 0.1) is 24.7 Å². The molecule has 0 spiro atoms. The van der Waals surface area contributed by atoms with E-state index >= 15 is 0 Å². The van der Waals surface area contributed by atoms with Crippen molar-refractivity contribution in [2.75, 3.05) is 7.11 Å². The molecule has 7 nitrogen and oxygen atoms in total. The van der Waals surface area contributed by atoms with Gasteiger partial charge in [0.1, 0.15) is 17.5 Å². The number of allylic oxidation sites excluding steroid dienone is 1. The largest absolute Gasteiger partial charge is 0.467 e. The van der Waals surface area contributed by atoms with Gasteiger partial charge in [0.2, 0.25) is 5.91 Å². The first kappa shape index (κ1) is 25.2. The zero-order chi connectivity index (χ0) is 26.0. The van der Waals surface area contributed by atoms with Crippen LogP contribution in [-0.4, -0.2) is 41.3 Å². The zero-order valence-corrected chi connectivity index (χ0v) is 20.8. The lowest BCUT2D eigenvalue weighted by Crippen LogP contribution is -2.43. The molecule has 2 bridgehead atoms. The highest BCUT2D eigenvalue weighted by atomic mass is 19.1. The number of carbonyl (C=O) groups is 3. The average molecular weight is 493 g/mol. The molecular formula is C28H29FN2O5. The number of ether oxygens (including phenoxy) is 2. The van der Waals surface area contributed by atoms with Crippen LogP contribution in [0.1, 0.15) is 43.2 Å². The highest BCUT2D eigenvalue weighted by Crippen LogP contribution is 2.30. The molecule has 2 aromatic carbocycles. The van der Waals surface area contributed by atoms with E-state index in [-0.39, 0.29) is 12.8 Å². The third kappa shape index (κ3) is 5.48. The van der Waals surface area contributed by atoms with Crippen molar-refractivity contribution < 1.29 is 28.2 Å². The summed E-state index contributed by atoms with van der Waals surface area (Å²) in [7, 11) is 1.24. The van der Waals surface area contributed by atoms with Gasteiger partial charge in [0, 0.05) is 11.8 Å². The van der Waals surface area contributed by atoms with Crippen LogP contribution in [0, 0.1) is 5.82 Å². The first-order chi connectivity index (χ1) is 17.1. The van der Waals surface area contributed by atoms with Crippen LogP contribution in [0.5, 0.6) is 0 Å². The first-order valence-electron chi connectivity index (χ1n) is 11.7. The van der Waals surface area contributed by atoms with Gasteiger partial charge in [-0.3, -0.25) is 4.79 Å². The van der Waals surface area contributed by atoms with E-state index in [0.717, 1.165) is 0 Å². The number of amides is 1. The summed E-state index contributed by atoms with van der Waals surface area (Å²) in [4.78, 5) is 38.9. The maximum absolute atomic E-state index is 14.4. The number of para-hydroxylation sites is 1. The molecule has 0 saturated carbocycles. The number of benzene rings is 2.